The molecule has 0 aromatic carbocycles. The Labute approximate surface area is 102 Å². The van der Waals surface area contributed by atoms with Gasteiger partial charge in [0.05, 0.1) is 5.88 Å². The number of hydrogen-bond donors (Lipinski definition) is 1. The summed E-state index contributed by atoms with van der Waals surface area (Å²) in [5, 5.41) is 1.83. The topological polar surface area (TPSA) is 46.2 Å². The van der Waals surface area contributed by atoms with Crippen LogP contribution in [-0.2, 0) is 9.59 Å². The maximum atomic E-state index is 12.2. The summed E-state index contributed by atoms with van der Waals surface area (Å²) in [7, 11) is 0. The standard InChI is InChI=1S/C10H13ClF3NO2/c11-6-7(16)9(4-2-1-3-5-9)15-8(17)10(12,13)14/h1-6H2,(H,15,17). The van der Waals surface area contributed by atoms with E-state index in [1.807, 2.05) is 5.32 Å². The second kappa shape index (κ2) is 5.25. The zero-order valence-electron chi connectivity index (χ0n) is 9.07. The fraction of sp³-hybridized carbons (Fsp3) is 0.800. The number of nitrogens with one attached hydrogen (secondary N) is 1. The number of halogens is 4. The fourth-order valence-corrected chi connectivity index (χ4v) is 2.30. The predicted octanol–water partition coefficient (Wildman–Crippen LogP) is 2.18. The first-order valence-electron chi connectivity index (χ1n) is 5.30. The molecule has 0 radical (unpaired) electrons. The lowest BCUT2D eigenvalue weighted by atomic mass is 9.79. The summed E-state index contributed by atoms with van der Waals surface area (Å²) < 4.78 is 36.6. The predicted molar refractivity (Wildman–Crippen MR) is 55.7 cm³/mol. The maximum Gasteiger partial charge on any atom is 0.471 e. The van der Waals surface area contributed by atoms with Gasteiger partial charge in [-0.1, -0.05) is 19.3 Å². The highest BCUT2D eigenvalue weighted by Crippen LogP contribution is 2.30. The van der Waals surface area contributed by atoms with Crippen LogP contribution in [0.2, 0.25) is 0 Å². The zero-order valence-corrected chi connectivity index (χ0v) is 9.83. The quantitative estimate of drug-likeness (QED) is 0.800. The molecule has 3 nitrogen and oxygen atoms in total. The lowest BCUT2D eigenvalue weighted by molar-refractivity contribution is -0.176. The summed E-state index contributed by atoms with van der Waals surface area (Å²) in [5.41, 5.74) is -1.42. The van der Waals surface area contributed by atoms with Gasteiger partial charge in [-0.25, -0.2) is 0 Å². The summed E-state index contributed by atoms with van der Waals surface area (Å²) in [5.74, 6) is -3.01. The van der Waals surface area contributed by atoms with Crippen molar-refractivity contribution in [1.82, 2.24) is 5.32 Å². The van der Waals surface area contributed by atoms with Gasteiger partial charge in [0.25, 0.3) is 0 Å². The molecule has 0 spiro atoms. The van der Waals surface area contributed by atoms with Gasteiger partial charge in [0.15, 0.2) is 5.78 Å². The van der Waals surface area contributed by atoms with E-state index >= 15 is 0 Å². The van der Waals surface area contributed by atoms with Crippen LogP contribution in [0.3, 0.4) is 0 Å². The average Bonchev–Trinajstić information content (AvgIpc) is 2.27. The second-order valence-electron chi connectivity index (χ2n) is 4.15. The van der Waals surface area contributed by atoms with Gasteiger partial charge in [0.1, 0.15) is 5.54 Å². The number of rotatable bonds is 3. The fourth-order valence-electron chi connectivity index (χ4n) is 2.04. The number of alkyl halides is 4. The Kier molecular flexibility index (Phi) is 4.41. The van der Waals surface area contributed by atoms with Crippen molar-refractivity contribution >= 4 is 23.3 Å². The molecular formula is C10H13ClF3NO2. The van der Waals surface area contributed by atoms with Crippen molar-refractivity contribution in [3.05, 3.63) is 0 Å². The van der Waals surface area contributed by atoms with Gasteiger partial charge in [-0.3, -0.25) is 9.59 Å². The van der Waals surface area contributed by atoms with Gasteiger partial charge in [-0.15, -0.1) is 11.6 Å². The molecule has 0 atom stereocenters. The smallest absolute Gasteiger partial charge is 0.336 e. The number of amides is 1. The summed E-state index contributed by atoms with van der Waals surface area (Å²) >= 11 is 5.39. The Hall–Kier alpha value is -0.780. The van der Waals surface area contributed by atoms with Crippen LogP contribution in [0.1, 0.15) is 32.1 Å². The van der Waals surface area contributed by atoms with Crippen LogP contribution >= 0.6 is 11.6 Å². The Morgan fingerprint density at radius 1 is 1.18 bits per heavy atom. The molecule has 1 aliphatic rings. The third kappa shape index (κ3) is 3.34. The molecule has 0 aromatic heterocycles. The largest absolute Gasteiger partial charge is 0.471 e. The van der Waals surface area contributed by atoms with E-state index in [0.29, 0.717) is 12.8 Å². The first-order chi connectivity index (χ1) is 7.82. The lowest BCUT2D eigenvalue weighted by Gasteiger charge is -2.36. The minimum atomic E-state index is -4.98. The molecule has 17 heavy (non-hydrogen) atoms. The third-order valence-corrected chi connectivity index (χ3v) is 3.22. The van der Waals surface area contributed by atoms with Crippen molar-refractivity contribution in [3.63, 3.8) is 0 Å². The van der Waals surface area contributed by atoms with Crippen molar-refractivity contribution in [1.29, 1.82) is 0 Å². The summed E-state index contributed by atoms with van der Waals surface area (Å²) in [6.45, 7) is 0. The summed E-state index contributed by atoms with van der Waals surface area (Å²) in [4.78, 5) is 22.6. The molecule has 98 valence electrons. The molecule has 0 saturated heterocycles. The minimum Gasteiger partial charge on any atom is -0.336 e. The molecule has 0 heterocycles. The van der Waals surface area contributed by atoms with Crippen molar-refractivity contribution < 1.29 is 22.8 Å². The number of Topliss-reactive ketones (excluding diaryl/α,β-unsaturated/α-hetero) is 1. The molecule has 1 rings (SSSR count). The van der Waals surface area contributed by atoms with Crippen LogP contribution in [-0.4, -0.2) is 29.3 Å². The van der Waals surface area contributed by atoms with E-state index in [2.05, 4.69) is 0 Å². The van der Waals surface area contributed by atoms with Gasteiger partial charge in [0.2, 0.25) is 0 Å². The SMILES string of the molecule is O=C(NC1(C(=O)CCl)CCCCC1)C(F)(F)F. The first-order valence-corrected chi connectivity index (χ1v) is 5.84. The average molecular weight is 272 g/mol. The number of hydrogen-bond acceptors (Lipinski definition) is 2. The van der Waals surface area contributed by atoms with E-state index in [0.717, 1.165) is 6.42 Å². The minimum absolute atomic E-state index is 0.223. The number of carbonyl (C=O) groups is 2. The highest BCUT2D eigenvalue weighted by molar-refractivity contribution is 6.29. The van der Waals surface area contributed by atoms with E-state index in [1.54, 1.807) is 0 Å². The molecular weight excluding hydrogens is 259 g/mol. The van der Waals surface area contributed by atoms with Crippen molar-refractivity contribution in [2.45, 2.75) is 43.8 Å². The number of ketones is 1. The van der Waals surface area contributed by atoms with Crippen LogP contribution in [0, 0.1) is 0 Å². The van der Waals surface area contributed by atoms with E-state index < -0.39 is 29.3 Å². The molecule has 0 bridgehead atoms. The van der Waals surface area contributed by atoms with Crippen molar-refractivity contribution in [2.75, 3.05) is 5.88 Å². The van der Waals surface area contributed by atoms with E-state index in [9.17, 15) is 22.8 Å². The summed E-state index contributed by atoms with van der Waals surface area (Å²) in [6.07, 6.45) is -2.46. The molecule has 1 aliphatic carbocycles. The highest BCUT2D eigenvalue weighted by atomic mass is 35.5. The molecule has 0 aliphatic heterocycles. The molecule has 1 N–H and O–H groups in total. The van der Waals surface area contributed by atoms with Gasteiger partial charge < -0.3 is 5.32 Å². The highest BCUT2D eigenvalue weighted by Gasteiger charge is 2.47. The Balaban J connectivity index is 2.84. The Bertz CT molecular complexity index is 311. The van der Waals surface area contributed by atoms with Crippen molar-refractivity contribution in [2.24, 2.45) is 0 Å². The van der Waals surface area contributed by atoms with E-state index in [4.69, 9.17) is 11.6 Å². The van der Waals surface area contributed by atoms with Gasteiger partial charge in [-0.2, -0.15) is 13.2 Å². The van der Waals surface area contributed by atoms with E-state index in [-0.39, 0.29) is 12.8 Å². The number of carbonyl (C=O) groups excluding carboxylic acids is 2. The normalized spacial score (nSPS) is 19.8. The van der Waals surface area contributed by atoms with Crippen LogP contribution < -0.4 is 5.32 Å². The lowest BCUT2D eigenvalue weighted by Crippen LogP contribution is -2.59. The molecule has 0 aromatic rings. The van der Waals surface area contributed by atoms with Gasteiger partial charge in [-0.05, 0) is 12.8 Å². The molecule has 7 heteroatoms. The first kappa shape index (κ1) is 14.3. The molecule has 1 saturated carbocycles. The molecule has 0 unspecified atom stereocenters. The Morgan fingerprint density at radius 3 is 2.12 bits per heavy atom. The maximum absolute atomic E-state index is 12.2. The van der Waals surface area contributed by atoms with E-state index in [1.165, 1.54) is 0 Å². The van der Waals surface area contributed by atoms with Crippen molar-refractivity contribution in [3.8, 4) is 0 Å². The third-order valence-electron chi connectivity index (χ3n) is 2.97. The second-order valence-corrected chi connectivity index (χ2v) is 4.42. The molecule has 1 fully saturated rings. The summed E-state index contributed by atoms with van der Waals surface area (Å²) in [6, 6.07) is 0. The monoisotopic (exact) mass is 271 g/mol. The van der Waals surface area contributed by atoms with Crippen LogP contribution in [0.5, 0.6) is 0 Å². The van der Waals surface area contributed by atoms with Gasteiger partial charge >= 0.3 is 12.1 Å². The van der Waals surface area contributed by atoms with Gasteiger partial charge in [0, 0.05) is 0 Å². The zero-order chi connectivity index (χ0) is 13.1. The Morgan fingerprint density at radius 2 is 1.71 bits per heavy atom. The molecule has 1 amide bonds. The van der Waals surface area contributed by atoms with Crippen LogP contribution in [0.25, 0.3) is 0 Å². The van der Waals surface area contributed by atoms with Crippen LogP contribution in [0.4, 0.5) is 13.2 Å². The van der Waals surface area contributed by atoms with Crippen LogP contribution in [0.15, 0.2) is 0 Å².